The SMILES string of the molecule is CC1=CN(C)C(=O)[C@H](CC(C)C)N1C(=O)OC(C)(C)C. The summed E-state index contributed by atoms with van der Waals surface area (Å²) < 4.78 is 5.42. The van der Waals surface area contributed by atoms with Gasteiger partial charge in [0, 0.05) is 18.9 Å². The molecular weight excluding hydrogens is 256 g/mol. The van der Waals surface area contributed by atoms with Crippen molar-refractivity contribution in [2.75, 3.05) is 7.05 Å². The van der Waals surface area contributed by atoms with Crippen LogP contribution in [0.15, 0.2) is 11.9 Å². The summed E-state index contributed by atoms with van der Waals surface area (Å²) in [4.78, 5) is 27.7. The number of hydrogen-bond donors (Lipinski definition) is 0. The lowest BCUT2D eigenvalue weighted by molar-refractivity contribution is -0.134. The molecule has 0 N–H and O–H groups in total. The van der Waals surface area contributed by atoms with Gasteiger partial charge in [0.15, 0.2) is 0 Å². The number of likely N-dealkylation sites (N-methyl/N-ethyl adjacent to an activating group) is 1. The number of hydrogen-bond acceptors (Lipinski definition) is 3. The van der Waals surface area contributed by atoms with Crippen LogP contribution in [0.1, 0.15) is 48.0 Å². The first-order valence-electron chi connectivity index (χ1n) is 7.00. The van der Waals surface area contributed by atoms with E-state index in [2.05, 4.69) is 0 Å². The van der Waals surface area contributed by atoms with E-state index >= 15 is 0 Å². The average Bonchev–Trinajstić information content (AvgIpc) is 2.22. The topological polar surface area (TPSA) is 49.9 Å². The van der Waals surface area contributed by atoms with Crippen LogP contribution in [0.3, 0.4) is 0 Å². The van der Waals surface area contributed by atoms with Gasteiger partial charge in [-0.1, -0.05) is 13.8 Å². The highest BCUT2D eigenvalue weighted by Gasteiger charge is 2.38. The van der Waals surface area contributed by atoms with Crippen LogP contribution in [-0.4, -0.2) is 40.5 Å². The zero-order chi connectivity index (χ0) is 15.7. The first-order chi connectivity index (χ1) is 9.03. The number of ether oxygens (including phenoxy) is 1. The number of carbonyl (C=O) groups is 2. The van der Waals surface area contributed by atoms with Gasteiger partial charge in [0.2, 0.25) is 5.91 Å². The molecular formula is C15H26N2O3. The maximum absolute atomic E-state index is 12.4. The van der Waals surface area contributed by atoms with Crippen LogP contribution < -0.4 is 0 Å². The van der Waals surface area contributed by atoms with Gasteiger partial charge >= 0.3 is 6.09 Å². The fraction of sp³-hybridized carbons (Fsp3) is 0.733. The number of amides is 2. The Bertz CT molecular complexity index is 421. The molecule has 1 heterocycles. The number of carbonyl (C=O) groups excluding carboxylic acids is 2. The zero-order valence-electron chi connectivity index (χ0n) is 13.6. The third-order valence-electron chi connectivity index (χ3n) is 2.99. The third-order valence-corrected chi connectivity index (χ3v) is 2.99. The molecule has 0 aromatic carbocycles. The highest BCUT2D eigenvalue weighted by molar-refractivity contribution is 5.88. The van der Waals surface area contributed by atoms with Crippen molar-refractivity contribution in [3.8, 4) is 0 Å². The molecule has 20 heavy (non-hydrogen) atoms. The second kappa shape index (κ2) is 5.85. The quantitative estimate of drug-likeness (QED) is 0.782. The van der Waals surface area contributed by atoms with E-state index in [4.69, 9.17) is 4.74 Å². The highest BCUT2D eigenvalue weighted by Crippen LogP contribution is 2.25. The lowest BCUT2D eigenvalue weighted by Gasteiger charge is -2.38. The fourth-order valence-corrected chi connectivity index (χ4v) is 2.23. The Morgan fingerprint density at radius 2 is 1.95 bits per heavy atom. The maximum Gasteiger partial charge on any atom is 0.415 e. The highest BCUT2D eigenvalue weighted by atomic mass is 16.6. The molecule has 0 aromatic rings. The Balaban J connectivity index is 3.06. The lowest BCUT2D eigenvalue weighted by atomic mass is 9.99. The molecule has 0 radical (unpaired) electrons. The molecule has 0 saturated heterocycles. The molecule has 0 fully saturated rings. The van der Waals surface area contributed by atoms with Crippen LogP contribution in [-0.2, 0) is 9.53 Å². The Kier molecular flexibility index (Phi) is 4.84. The Hall–Kier alpha value is -1.52. The smallest absolute Gasteiger partial charge is 0.415 e. The van der Waals surface area contributed by atoms with Crippen LogP contribution in [0.5, 0.6) is 0 Å². The molecule has 2 amide bonds. The van der Waals surface area contributed by atoms with Crippen molar-refractivity contribution in [3.63, 3.8) is 0 Å². The summed E-state index contributed by atoms with van der Waals surface area (Å²) in [5.74, 6) is 0.239. The molecule has 5 heteroatoms. The Labute approximate surface area is 121 Å². The molecule has 0 aromatic heterocycles. The first-order valence-corrected chi connectivity index (χ1v) is 7.00. The van der Waals surface area contributed by atoms with Gasteiger partial charge < -0.3 is 9.64 Å². The van der Waals surface area contributed by atoms with Gasteiger partial charge in [-0.15, -0.1) is 0 Å². The summed E-state index contributed by atoms with van der Waals surface area (Å²) in [5.41, 5.74) is 0.151. The van der Waals surface area contributed by atoms with Gasteiger partial charge in [-0.2, -0.15) is 0 Å². The Morgan fingerprint density at radius 3 is 2.40 bits per heavy atom. The molecule has 114 valence electrons. The van der Waals surface area contributed by atoms with E-state index in [1.807, 2.05) is 41.5 Å². The van der Waals surface area contributed by atoms with Crippen LogP contribution in [0, 0.1) is 5.92 Å². The zero-order valence-corrected chi connectivity index (χ0v) is 13.6. The van der Waals surface area contributed by atoms with Crippen LogP contribution in [0.25, 0.3) is 0 Å². The second-order valence-electron chi connectivity index (χ2n) is 6.72. The van der Waals surface area contributed by atoms with Crippen molar-refractivity contribution in [2.45, 2.75) is 59.6 Å². The Morgan fingerprint density at radius 1 is 1.40 bits per heavy atom. The number of allylic oxidation sites excluding steroid dienone is 1. The summed E-state index contributed by atoms with van der Waals surface area (Å²) in [6.45, 7) is 11.3. The van der Waals surface area contributed by atoms with Gasteiger partial charge in [0.05, 0.1) is 0 Å². The van der Waals surface area contributed by atoms with Gasteiger partial charge in [-0.05, 0) is 40.0 Å². The van der Waals surface area contributed by atoms with Crippen LogP contribution >= 0.6 is 0 Å². The van der Waals surface area contributed by atoms with Crippen LogP contribution in [0.4, 0.5) is 4.79 Å². The minimum atomic E-state index is -0.577. The van der Waals surface area contributed by atoms with Crippen molar-refractivity contribution in [2.24, 2.45) is 5.92 Å². The number of rotatable bonds is 2. The molecule has 0 aliphatic carbocycles. The first kappa shape index (κ1) is 16.5. The minimum Gasteiger partial charge on any atom is -0.443 e. The van der Waals surface area contributed by atoms with Crippen molar-refractivity contribution >= 4 is 12.0 Å². The summed E-state index contributed by atoms with van der Waals surface area (Å²) in [6.07, 6.45) is 1.83. The number of nitrogens with zero attached hydrogens (tertiary/aromatic N) is 2. The van der Waals surface area contributed by atoms with Crippen LogP contribution in [0.2, 0.25) is 0 Å². The summed E-state index contributed by atoms with van der Waals surface area (Å²) in [7, 11) is 1.71. The van der Waals surface area contributed by atoms with E-state index in [-0.39, 0.29) is 5.91 Å². The molecule has 1 rings (SSSR count). The standard InChI is InChI=1S/C15H26N2O3/c1-10(2)8-12-13(18)16(7)9-11(3)17(12)14(19)20-15(4,5)6/h9-10,12H,8H2,1-7H3/t12-/m0/s1. The molecule has 1 aliphatic rings. The van der Waals surface area contributed by atoms with E-state index in [1.54, 1.807) is 18.1 Å². The van der Waals surface area contributed by atoms with E-state index in [0.29, 0.717) is 12.3 Å². The maximum atomic E-state index is 12.4. The van der Waals surface area contributed by atoms with E-state index in [1.165, 1.54) is 4.90 Å². The lowest BCUT2D eigenvalue weighted by Crippen LogP contribution is -2.53. The average molecular weight is 282 g/mol. The predicted molar refractivity (Wildman–Crippen MR) is 77.8 cm³/mol. The molecule has 0 bridgehead atoms. The molecule has 5 nitrogen and oxygen atoms in total. The van der Waals surface area contributed by atoms with E-state index in [0.717, 1.165) is 5.70 Å². The van der Waals surface area contributed by atoms with Gasteiger partial charge in [-0.25, -0.2) is 4.79 Å². The molecule has 1 aliphatic heterocycles. The van der Waals surface area contributed by atoms with Crippen molar-refractivity contribution in [3.05, 3.63) is 11.9 Å². The monoisotopic (exact) mass is 282 g/mol. The molecule has 0 spiro atoms. The third kappa shape index (κ3) is 3.99. The normalized spacial score (nSPS) is 20.3. The minimum absolute atomic E-state index is 0.0739. The molecule has 1 atom stereocenters. The van der Waals surface area contributed by atoms with Gasteiger partial charge in [-0.3, -0.25) is 9.69 Å². The molecule has 0 unspecified atom stereocenters. The second-order valence-corrected chi connectivity index (χ2v) is 6.72. The van der Waals surface area contributed by atoms with E-state index in [9.17, 15) is 9.59 Å². The van der Waals surface area contributed by atoms with Crippen molar-refractivity contribution < 1.29 is 14.3 Å². The summed E-state index contributed by atoms with van der Waals surface area (Å²) >= 11 is 0. The fourth-order valence-electron chi connectivity index (χ4n) is 2.23. The largest absolute Gasteiger partial charge is 0.443 e. The summed E-state index contributed by atoms with van der Waals surface area (Å²) in [6, 6.07) is -0.486. The summed E-state index contributed by atoms with van der Waals surface area (Å²) in [5, 5.41) is 0. The molecule has 0 saturated carbocycles. The van der Waals surface area contributed by atoms with Crippen molar-refractivity contribution in [1.29, 1.82) is 0 Å². The van der Waals surface area contributed by atoms with Gasteiger partial charge in [0.25, 0.3) is 0 Å². The predicted octanol–water partition coefficient (Wildman–Crippen LogP) is 2.97. The van der Waals surface area contributed by atoms with Gasteiger partial charge in [0.1, 0.15) is 11.6 Å². The van der Waals surface area contributed by atoms with Crippen molar-refractivity contribution in [1.82, 2.24) is 9.80 Å². The van der Waals surface area contributed by atoms with E-state index < -0.39 is 17.7 Å².